The number of ether oxygens (including phenoxy) is 3. The molecule has 0 saturated heterocycles. The van der Waals surface area contributed by atoms with Crippen LogP contribution in [0.25, 0.3) is 22.2 Å². The predicted octanol–water partition coefficient (Wildman–Crippen LogP) is 6.68. The molecule has 0 aliphatic carbocycles. The van der Waals surface area contributed by atoms with Crippen molar-refractivity contribution in [3.8, 4) is 34.3 Å². The van der Waals surface area contributed by atoms with Gasteiger partial charge in [-0.2, -0.15) is 0 Å². The van der Waals surface area contributed by atoms with Gasteiger partial charge in [0.25, 0.3) is 5.91 Å². The van der Waals surface area contributed by atoms with E-state index in [0.717, 1.165) is 22.2 Å². The van der Waals surface area contributed by atoms with Crippen LogP contribution in [0.3, 0.4) is 0 Å². The van der Waals surface area contributed by atoms with Gasteiger partial charge in [-0.15, -0.1) is 0 Å². The Hall–Kier alpha value is -4.84. The number of hydrogen-bond acceptors (Lipinski definition) is 5. The summed E-state index contributed by atoms with van der Waals surface area (Å²) in [5.74, 6) is 2.59. The zero-order chi connectivity index (χ0) is 23.6. The second kappa shape index (κ2) is 8.83. The first-order valence-corrected chi connectivity index (χ1v) is 11.2. The smallest absolute Gasteiger partial charge is 0.256 e. The topological polar surface area (TPSA) is 69.7 Å². The van der Waals surface area contributed by atoms with Crippen LogP contribution in [-0.4, -0.2) is 17.7 Å². The minimum Gasteiger partial charge on any atom is -0.457 e. The summed E-state index contributed by atoms with van der Waals surface area (Å²) in [6, 6.07) is 31.9. The summed E-state index contributed by atoms with van der Waals surface area (Å²) in [5.41, 5.74) is 3.46. The first-order valence-electron chi connectivity index (χ1n) is 11.2. The van der Waals surface area contributed by atoms with E-state index in [2.05, 4.69) is 5.32 Å². The fraction of sp³-hybridized carbons (Fsp3) is 0.0345. The number of rotatable bonds is 5. The van der Waals surface area contributed by atoms with Crippen molar-refractivity contribution in [3.63, 3.8) is 0 Å². The van der Waals surface area contributed by atoms with Gasteiger partial charge < -0.3 is 19.5 Å². The number of pyridine rings is 1. The van der Waals surface area contributed by atoms with Crippen molar-refractivity contribution in [3.05, 3.63) is 109 Å². The molecule has 0 spiro atoms. The third-order valence-corrected chi connectivity index (χ3v) is 5.72. The molecular weight excluding hydrogens is 440 g/mol. The zero-order valence-corrected chi connectivity index (χ0v) is 18.6. The van der Waals surface area contributed by atoms with E-state index in [1.165, 1.54) is 0 Å². The summed E-state index contributed by atoms with van der Waals surface area (Å²) in [4.78, 5) is 18.1. The van der Waals surface area contributed by atoms with Gasteiger partial charge in [-0.25, -0.2) is 4.98 Å². The lowest BCUT2D eigenvalue weighted by Gasteiger charge is -2.12. The van der Waals surface area contributed by atoms with Gasteiger partial charge in [0.05, 0.1) is 16.8 Å². The highest BCUT2D eigenvalue weighted by Gasteiger charge is 2.18. The van der Waals surface area contributed by atoms with E-state index in [1.54, 1.807) is 0 Å². The Balaban J connectivity index is 1.29. The monoisotopic (exact) mass is 460 g/mol. The average molecular weight is 460 g/mol. The van der Waals surface area contributed by atoms with E-state index in [9.17, 15) is 4.79 Å². The second-order valence-corrected chi connectivity index (χ2v) is 8.03. The molecule has 6 rings (SSSR count). The highest BCUT2D eigenvalue weighted by atomic mass is 16.7. The molecule has 4 aromatic carbocycles. The van der Waals surface area contributed by atoms with Crippen LogP contribution in [0.4, 0.5) is 5.69 Å². The van der Waals surface area contributed by atoms with E-state index < -0.39 is 0 Å². The minimum absolute atomic E-state index is 0.201. The van der Waals surface area contributed by atoms with Crippen LogP contribution < -0.4 is 19.5 Å². The number of aromatic nitrogens is 1. The lowest BCUT2D eigenvalue weighted by molar-refractivity contribution is 0.102. The van der Waals surface area contributed by atoms with E-state index in [-0.39, 0.29) is 12.7 Å². The molecule has 0 unspecified atom stereocenters. The summed E-state index contributed by atoms with van der Waals surface area (Å²) < 4.78 is 16.8. The van der Waals surface area contributed by atoms with Gasteiger partial charge in [-0.1, -0.05) is 36.4 Å². The van der Waals surface area contributed by atoms with Crippen molar-refractivity contribution in [2.45, 2.75) is 0 Å². The fourth-order valence-corrected chi connectivity index (χ4v) is 4.00. The van der Waals surface area contributed by atoms with Gasteiger partial charge in [-0.05, 0) is 66.7 Å². The first-order chi connectivity index (χ1) is 17.2. The molecule has 1 aromatic heterocycles. The number of para-hydroxylation sites is 2. The number of anilines is 1. The Morgan fingerprint density at radius 2 is 1.51 bits per heavy atom. The van der Waals surface area contributed by atoms with Gasteiger partial charge in [0, 0.05) is 16.6 Å². The number of nitrogens with zero attached hydrogens (tertiary/aromatic N) is 1. The Kier molecular flexibility index (Phi) is 5.24. The van der Waals surface area contributed by atoms with Gasteiger partial charge in [0.15, 0.2) is 11.5 Å². The number of nitrogens with one attached hydrogen (secondary N) is 1. The van der Waals surface area contributed by atoms with E-state index in [4.69, 9.17) is 19.2 Å². The fourth-order valence-electron chi connectivity index (χ4n) is 4.00. The van der Waals surface area contributed by atoms with Crippen LogP contribution in [-0.2, 0) is 0 Å². The predicted molar refractivity (Wildman–Crippen MR) is 134 cm³/mol. The standard InChI is InChI=1S/C29H20N2O4/c32-29(30-20-11-13-22(14-12-20)35-21-6-2-1-3-7-21)24-17-26(31-25-9-5-4-8-23(24)25)19-10-15-27-28(16-19)34-18-33-27/h1-17H,18H2,(H,30,32). The van der Waals surface area contributed by atoms with E-state index in [0.29, 0.717) is 34.2 Å². The largest absolute Gasteiger partial charge is 0.457 e. The lowest BCUT2D eigenvalue weighted by atomic mass is 10.0. The lowest BCUT2D eigenvalue weighted by Crippen LogP contribution is -2.13. The minimum atomic E-state index is -0.220. The summed E-state index contributed by atoms with van der Waals surface area (Å²) in [6.07, 6.45) is 0. The number of carbonyl (C=O) groups excluding carboxylic acids is 1. The summed E-state index contributed by atoms with van der Waals surface area (Å²) in [7, 11) is 0. The first kappa shape index (κ1) is 20.7. The van der Waals surface area contributed by atoms with Crippen LogP contribution in [0.15, 0.2) is 103 Å². The molecule has 170 valence electrons. The average Bonchev–Trinajstić information content (AvgIpc) is 3.38. The third-order valence-electron chi connectivity index (χ3n) is 5.72. The molecule has 0 bridgehead atoms. The molecule has 6 nitrogen and oxygen atoms in total. The second-order valence-electron chi connectivity index (χ2n) is 8.03. The van der Waals surface area contributed by atoms with Crippen molar-refractivity contribution in [2.24, 2.45) is 0 Å². The molecular formula is C29H20N2O4. The molecule has 6 heteroatoms. The molecule has 0 fully saturated rings. The van der Waals surface area contributed by atoms with Gasteiger partial charge >= 0.3 is 0 Å². The van der Waals surface area contributed by atoms with Crippen LogP contribution in [0, 0.1) is 0 Å². The van der Waals surface area contributed by atoms with Gasteiger partial charge in [-0.3, -0.25) is 4.79 Å². The van der Waals surface area contributed by atoms with E-state index in [1.807, 2.05) is 103 Å². The number of amides is 1. The number of benzene rings is 4. The Labute approximate surface area is 201 Å². The molecule has 0 atom stereocenters. The van der Waals surface area contributed by atoms with Crippen molar-refractivity contribution >= 4 is 22.5 Å². The number of fused-ring (bicyclic) bond motifs is 2. The summed E-state index contributed by atoms with van der Waals surface area (Å²) >= 11 is 0. The number of carbonyl (C=O) groups is 1. The van der Waals surface area contributed by atoms with E-state index >= 15 is 0 Å². The maximum Gasteiger partial charge on any atom is 0.256 e. The summed E-state index contributed by atoms with van der Waals surface area (Å²) in [6.45, 7) is 0.201. The molecule has 35 heavy (non-hydrogen) atoms. The quantitative estimate of drug-likeness (QED) is 0.317. The highest BCUT2D eigenvalue weighted by Crippen LogP contribution is 2.36. The SMILES string of the molecule is O=C(Nc1ccc(Oc2ccccc2)cc1)c1cc(-c2ccc3c(c2)OCO3)nc2ccccc12. The third kappa shape index (κ3) is 4.25. The Morgan fingerprint density at radius 3 is 2.37 bits per heavy atom. The van der Waals surface area contributed by atoms with Crippen molar-refractivity contribution in [1.82, 2.24) is 4.98 Å². The molecule has 5 aromatic rings. The maximum atomic E-state index is 13.4. The van der Waals surface area contributed by atoms with Crippen LogP contribution in [0.2, 0.25) is 0 Å². The normalized spacial score (nSPS) is 11.9. The molecule has 1 N–H and O–H groups in total. The molecule has 1 amide bonds. The van der Waals surface area contributed by atoms with Gasteiger partial charge in [0.2, 0.25) is 6.79 Å². The summed E-state index contributed by atoms with van der Waals surface area (Å²) in [5, 5.41) is 3.77. The van der Waals surface area contributed by atoms with Gasteiger partial charge in [0.1, 0.15) is 11.5 Å². The number of hydrogen-bond donors (Lipinski definition) is 1. The van der Waals surface area contributed by atoms with Crippen LogP contribution >= 0.6 is 0 Å². The molecule has 1 aliphatic heterocycles. The molecule has 0 radical (unpaired) electrons. The Morgan fingerprint density at radius 1 is 0.771 bits per heavy atom. The molecule has 1 aliphatic rings. The van der Waals surface area contributed by atoms with Crippen molar-refractivity contribution in [1.29, 1.82) is 0 Å². The molecule has 0 saturated carbocycles. The van der Waals surface area contributed by atoms with Crippen molar-refractivity contribution < 1.29 is 19.0 Å². The highest BCUT2D eigenvalue weighted by molar-refractivity contribution is 6.13. The maximum absolute atomic E-state index is 13.4. The van der Waals surface area contributed by atoms with Crippen molar-refractivity contribution in [2.75, 3.05) is 12.1 Å². The zero-order valence-electron chi connectivity index (χ0n) is 18.6. The van der Waals surface area contributed by atoms with Crippen LogP contribution in [0.1, 0.15) is 10.4 Å². The Bertz CT molecular complexity index is 1530. The molecule has 2 heterocycles. The van der Waals surface area contributed by atoms with Crippen LogP contribution in [0.5, 0.6) is 23.0 Å².